The molecule has 0 saturated carbocycles. The summed E-state index contributed by atoms with van der Waals surface area (Å²) in [5.74, 6) is -0.0390. The normalized spacial score (nSPS) is 10.8. The van der Waals surface area contributed by atoms with Crippen LogP contribution < -0.4 is 4.74 Å². The van der Waals surface area contributed by atoms with Crippen molar-refractivity contribution in [3.05, 3.63) is 52.3 Å². The topological polar surface area (TPSA) is 51.5 Å². The van der Waals surface area contributed by atoms with Gasteiger partial charge in [0.25, 0.3) is 0 Å². The van der Waals surface area contributed by atoms with Gasteiger partial charge in [-0.05, 0) is 36.4 Å². The van der Waals surface area contributed by atoms with Gasteiger partial charge in [0.1, 0.15) is 10.6 Å². The number of thiophene rings is 1. The van der Waals surface area contributed by atoms with Crippen molar-refractivity contribution in [2.45, 2.75) is 6.54 Å². The van der Waals surface area contributed by atoms with E-state index in [1.54, 1.807) is 13.2 Å². The quantitative estimate of drug-likeness (QED) is 0.799. The Labute approximate surface area is 119 Å². The molecule has 3 rings (SSSR count). The summed E-state index contributed by atoms with van der Waals surface area (Å²) in [6.07, 6.45) is 2.00. The Kier molecular flexibility index (Phi) is 3.20. The van der Waals surface area contributed by atoms with E-state index in [-0.39, 0.29) is 0 Å². The average molecular weight is 287 g/mol. The molecule has 0 atom stereocenters. The summed E-state index contributed by atoms with van der Waals surface area (Å²) in [4.78, 5) is 12.3. The van der Waals surface area contributed by atoms with Crippen LogP contribution >= 0.6 is 11.3 Å². The number of carboxylic acids is 1. The number of benzene rings is 1. The predicted molar refractivity (Wildman–Crippen MR) is 78.9 cm³/mol. The highest BCUT2D eigenvalue weighted by molar-refractivity contribution is 7.13. The molecule has 0 saturated heterocycles. The second-order valence-corrected chi connectivity index (χ2v) is 5.61. The number of carboxylic acid groups (broad SMARTS) is 1. The fourth-order valence-corrected chi connectivity index (χ4v) is 3.03. The lowest BCUT2D eigenvalue weighted by Gasteiger charge is -2.04. The predicted octanol–water partition coefficient (Wildman–Crippen LogP) is 3.46. The van der Waals surface area contributed by atoms with Gasteiger partial charge >= 0.3 is 5.97 Å². The number of carbonyl (C=O) groups is 1. The molecule has 2 aromatic heterocycles. The van der Waals surface area contributed by atoms with E-state index in [0.29, 0.717) is 11.4 Å². The maximum absolute atomic E-state index is 10.9. The van der Waals surface area contributed by atoms with Gasteiger partial charge in [0.15, 0.2) is 0 Å². The molecule has 1 aromatic carbocycles. The number of fused-ring (bicyclic) bond motifs is 1. The zero-order chi connectivity index (χ0) is 14.1. The minimum Gasteiger partial charge on any atom is -0.497 e. The number of hydrogen-bond acceptors (Lipinski definition) is 3. The summed E-state index contributed by atoms with van der Waals surface area (Å²) in [7, 11) is 1.65. The molecule has 0 aliphatic heterocycles. The van der Waals surface area contributed by atoms with Crippen LogP contribution in [0.3, 0.4) is 0 Å². The molecule has 1 N–H and O–H groups in total. The smallest absolute Gasteiger partial charge is 0.345 e. The Hall–Kier alpha value is -2.27. The van der Waals surface area contributed by atoms with Crippen LogP contribution in [0.1, 0.15) is 14.5 Å². The van der Waals surface area contributed by atoms with Crippen LogP contribution in [0.5, 0.6) is 5.75 Å². The lowest BCUT2D eigenvalue weighted by atomic mass is 10.2. The third-order valence-electron chi connectivity index (χ3n) is 3.18. The Bertz CT molecular complexity index is 772. The first kappa shape index (κ1) is 12.7. The van der Waals surface area contributed by atoms with Gasteiger partial charge in [-0.3, -0.25) is 0 Å². The van der Waals surface area contributed by atoms with Crippen molar-refractivity contribution in [2.75, 3.05) is 7.11 Å². The summed E-state index contributed by atoms with van der Waals surface area (Å²) in [5, 5.41) is 10.1. The van der Waals surface area contributed by atoms with Crippen molar-refractivity contribution >= 4 is 28.2 Å². The van der Waals surface area contributed by atoms with Gasteiger partial charge in [-0.2, -0.15) is 0 Å². The summed E-state index contributed by atoms with van der Waals surface area (Å²) in [5.41, 5.74) is 1.11. The highest BCUT2D eigenvalue weighted by atomic mass is 32.1. The number of nitrogens with zero attached hydrogens (tertiary/aromatic N) is 1. The van der Waals surface area contributed by atoms with Crippen LogP contribution in [-0.2, 0) is 6.54 Å². The summed E-state index contributed by atoms with van der Waals surface area (Å²) < 4.78 is 7.31. The van der Waals surface area contributed by atoms with Crippen LogP contribution in [0, 0.1) is 0 Å². The lowest BCUT2D eigenvalue weighted by molar-refractivity contribution is 0.0702. The molecule has 0 unspecified atom stereocenters. The molecule has 3 aromatic rings. The number of aromatic nitrogens is 1. The monoisotopic (exact) mass is 287 g/mol. The molecule has 4 nitrogen and oxygen atoms in total. The minimum atomic E-state index is -0.872. The van der Waals surface area contributed by atoms with E-state index in [4.69, 9.17) is 9.84 Å². The molecule has 0 amide bonds. The molecule has 0 aliphatic carbocycles. The van der Waals surface area contributed by atoms with E-state index >= 15 is 0 Å². The maximum atomic E-state index is 10.9. The van der Waals surface area contributed by atoms with Crippen molar-refractivity contribution in [3.8, 4) is 5.75 Å². The third-order valence-corrected chi connectivity index (χ3v) is 4.23. The van der Waals surface area contributed by atoms with E-state index in [1.165, 1.54) is 11.3 Å². The fourth-order valence-electron chi connectivity index (χ4n) is 2.19. The third kappa shape index (κ3) is 2.28. The number of methoxy groups -OCH3 is 1. The highest BCUT2D eigenvalue weighted by Crippen LogP contribution is 2.24. The fraction of sp³-hybridized carbons (Fsp3) is 0.133. The Morgan fingerprint density at radius 2 is 2.15 bits per heavy atom. The molecule has 5 heteroatoms. The van der Waals surface area contributed by atoms with Gasteiger partial charge in [-0.15, -0.1) is 11.3 Å². The molecular formula is C15H13NO3S. The van der Waals surface area contributed by atoms with Crippen molar-refractivity contribution < 1.29 is 14.6 Å². The summed E-state index contributed by atoms with van der Waals surface area (Å²) >= 11 is 1.31. The molecule has 20 heavy (non-hydrogen) atoms. The molecule has 0 spiro atoms. The Morgan fingerprint density at radius 1 is 1.30 bits per heavy atom. The molecule has 0 radical (unpaired) electrons. The first-order valence-corrected chi connectivity index (χ1v) is 6.94. The highest BCUT2D eigenvalue weighted by Gasteiger charge is 2.08. The van der Waals surface area contributed by atoms with E-state index in [2.05, 4.69) is 4.57 Å². The number of rotatable bonds is 4. The number of hydrogen-bond donors (Lipinski definition) is 1. The number of ether oxygens (including phenoxy) is 1. The molecule has 102 valence electrons. The van der Waals surface area contributed by atoms with Gasteiger partial charge in [0.05, 0.1) is 13.7 Å². The van der Waals surface area contributed by atoms with E-state index < -0.39 is 5.97 Å². The van der Waals surface area contributed by atoms with Crippen molar-refractivity contribution in [2.24, 2.45) is 0 Å². The van der Waals surface area contributed by atoms with E-state index in [1.807, 2.05) is 36.5 Å². The number of aromatic carboxylic acids is 1. The van der Waals surface area contributed by atoms with Gasteiger partial charge < -0.3 is 14.4 Å². The van der Waals surface area contributed by atoms with E-state index in [9.17, 15) is 4.79 Å². The van der Waals surface area contributed by atoms with Crippen LogP contribution in [-0.4, -0.2) is 22.8 Å². The Morgan fingerprint density at radius 3 is 2.85 bits per heavy atom. The summed E-state index contributed by atoms with van der Waals surface area (Å²) in [6, 6.07) is 11.5. The second-order valence-electron chi connectivity index (χ2n) is 4.44. The first-order valence-electron chi connectivity index (χ1n) is 6.12. The Balaban J connectivity index is 1.92. The van der Waals surface area contributed by atoms with Crippen LogP contribution in [0.15, 0.2) is 42.6 Å². The molecule has 0 aliphatic rings. The molecule has 0 bridgehead atoms. The van der Waals surface area contributed by atoms with Gasteiger partial charge in [-0.1, -0.05) is 0 Å². The lowest BCUT2D eigenvalue weighted by Crippen LogP contribution is -1.95. The standard InChI is InChI=1S/C15H13NO3S/c1-19-11-2-4-13-10(8-11)6-7-16(13)9-12-3-5-14(20-12)15(17)18/h2-8H,9H2,1H3,(H,17,18). The molecule has 0 fully saturated rings. The largest absolute Gasteiger partial charge is 0.497 e. The van der Waals surface area contributed by atoms with Crippen molar-refractivity contribution in [3.63, 3.8) is 0 Å². The minimum absolute atomic E-state index is 0.373. The van der Waals surface area contributed by atoms with E-state index in [0.717, 1.165) is 21.5 Å². The van der Waals surface area contributed by atoms with Crippen LogP contribution in [0.25, 0.3) is 10.9 Å². The average Bonchev–Trinajstić information content (AvgIpc) is 3.06. The maximum Gasteiger partial charge on any atom is 0.345 e. The van der Waals surface area contributed by atoms with Crippen LogP contribution in [0.4, 0.5) is 0 Å². The first-order chi connectivity index (χ1) is 9.67. The van der Waals surface area contributed by atoms with Crippen LogP contribution in [0.2, 0.25) is 0 Å². The molecule has 2 heterocycles. The van der Waals surface area contributed by atoms with Crippen molar-refractivity contribution in [1.29, 1.82) is 0 Å². The summed E-state index contributed by atoms with van der Waals surface area (Å²) in [6.45, 7) is 0.674. The van der Waals surface area contributed by atoms with Gasteiger partial charge in [0.2, 0.25) is 0 Å². The van der Waals surface area contributed by atoms with Crippen molar-refractivity contribution in [1.82, 2.24) is 4.57 Å². The zero-order valence-corrected chi connectivity index (χ0v) is 11.7. The zero-order valence-electron chi connectivity index (χ0n) is 10.9. The van der Waals surface area contributed by atoms with Gasteiger partial charge in [0, 0.05) is 22.0 Å². The van der Waals surface area contributed by atoms with Gasteiger partial charge in [-0.25, -0.2) is 4.79 Å². The SMILES string of the molecule is COc1ccc2c(ccn2Cc2ccc(C(=O)O)s2)c1. The second kappa shape index (κ2) is 5.02. The molecular weight excluding hydrogens is 274 g/mol.